The molecule has 1 aromatic rings. The zero-order valence-electron chi connectivity index (χ0n) is 9.35. The molecule has 1 rings (SSSR count). The van der Waals surface area contributed by atoms with Crippen molar-refractivity contribution in [3.8, 4) is 0 Å². The highest BCUT2D eigenvalue weighted by Crippen LogP contribution is 2.29. The van der Waals surface area contributed by atoms with Crippen LogP contribution in [-0.4, -0.2) is 19.2 Å². The van der Waals surface area contributed by atoms with Crippen LogP contribution in [0.3, 0.4) is 0 Å². The number of benzene rings is 1. The topological polar surface area (TPSA) is 35.5 Å². The molecule has 0 N–H and O–H groups in total. The maximum Gasteiger partial charge on any atom is 0.439 e. The molecule has 0 saturated heterocycles. The van der Waals surface area contributed by atoms with Gasteiger partial charge in [0.05, 0.1) is 13.2 Å². The van der Waals surface area contributed by atoms with E-state index < -0.39 is 13.8 Å². The third-order valence-electron chi connectivity index (χ3n) is 1.89. The van der Waals surface area contributed by atoms with Gasteiger partial charge in [-0.05, 0) is 38.1 Å². The van der Waals surface area contributed by atoms with E-state index in [4.69, 9.17) is 21.1 Å². The van der Waals surface area contributed by atoms with Crippen molar-refractivity contribution in [3.63, 3.8) is 0 Å². The van der Waals surface area contributed by atoms with Gasteiger partial charge in [0.1, 0.15) is 0 Å². The SMILES string of the molecule is CCOC(OCC)[P+](=O)c1ccc(Cl)cc1. The smallest absolute Gasteiger partial charge is 0.313 e. The standard InChI is InChI=1S/C11H15ClO3P/c1-3-14-11(15-4-2)16(13)10-7-5-9(12)6-8-10/h5-8,11H,3-4H2,1-2H3/q+1. The molecule has 0 bridgehead atoms. The van der Waals surface area contributed by atoms with Crippen molar-refractivity contribution in [3.05, 3.63) is 29.3 Å². The van der Waals surface area contributed by atoms with Crippen molar-refractivity contribution in [1.82, 2.24) is 0 Å². The molecule has 5 heteroatoms. The summed E-state index contributed by atoms with van der Waals surface area (Å²) in [6, 6.07) is 6.20. The Balaban J connectivity index is 2.77. The third kappa shape index (κ3) is 3.84. The lowest BCUT2D eigenvalue weighted by atomic mass is 10.4. The van der Waals surface area contributed by atoms with E-state index in [2.05, 4.69) is 0 Å². The Morgan fingerprint density at radius 1 is 1.19 bits per heavy atom. The van der Waals surface area contributed by atoms with Crippen molar-refractivity contribution in [2.45, 2.75) is 19.9 Å². The van der Waals surface area contributed by atoms with Crippen LogP contribution in [0.2, 0.25) is 5.02 Å². The second-order valence-corrected chi connectivity index (χ2v) is 5.05. The van der Waals surface area contributed by atoms with E-state index in [1.165, 1.54) is 0 Å². The van der Waals surface area contributed by atoms with Gasteiger partial charge >= 0.3 is 13.8 Å². The van der Waals surface area contributed by atoms with Gasteiger partial charge in [-0.15, -0.1) is 0 Å². The Bertz CT molecular complexity index is 334. The molecule has 0 aliphatic heterocycles. The summed E-state index contributed by atoms with van der Waals surface area (Å²) >= 11 is 5.76. The van der Waals surface area contributed by atoms with Gasteiger partial charge in [0.25, 0.3) is 0 Å². The van der Waals surface area contributed by atoms with E-state index in [9.17, 15) is 4.57 Å². The highest BCUT2D eigenvalue weighted by atomic mass is 35.5. The zero-order valence-corrected chi connectivity index (χ0v) is 11.0. The predicted molar refractivity (Wildman–Crippen MR) is 65.7 cm³/mol. The number of hydrogen-bond donors (Lipinski definition) is 0. The molecular weight excluding hydrogens is 247 g/mol. The molecule has 0 spiro atoms. The van der Waals surface area contributed by atoms with Crippen LogP contribution in [0.15, 0.2) is 24.3 Å². The van der Waals surface area contributed by atoms with Gasteiger partial charge in [0, 0.05) is 5.02 Å². The molecule has 1 aromatic carbocycles. The van der Waals surface area contributed by atoms with Crippen LogP contribution in [0, 0.1) is 0 Å². The van der Waals surface area contributed by atoms with Crippen molar-refractivity contribution < 1.29 is 14.0 Å². The first-order valence-corrected chi connectivity index (χ1v) is 6.84. The van der Waals surface area contributed by atoms with Crippen LogP contribution >= 0.6 is 19.4 Å². The van der Waals surface area contributed by atoms with Gasteiger partial charge in [-0.1, -0.05) is 16.2 Å². The normalized spacial score (nSPS) is 11.9. The van der Waals surface area contributed by atoms with Crippen LogP contribution in [0.1, 0.15) is 13.8 Å². The zero-order chi connectivity index (χ0) is 12.0. The molecule has 3 nitrogen and oxygen atoms in total. The Morgan fingerprint density at radius 3 is 2.12 bits per heavy atom. The van der Waals surface area contributed by atoms with Crippen molar-refractivity contribution in [1.29, 1.82) is 0 Å². The summed E-state index contributed by atoms with van der Waals surface area (Å²) in [7, 11) is -1.72. The highest BCUT2D eigenvalue weighted by molar-refractivity contribution is 7.53. The van der Waals surface area contributed by atoms with E-state index in [1.807, 2.05) is 13.8 Å². The minimum absolute atomic E-state index is 0.472. The van der Waals surface area contributed by atoms with E-state index in [-0.39, 0.29) is 0 Å². The molecule has 0 aliphatic rings. The Morgan fingerprint density at radius 2 is 1.69 bits per heavy atom. The second-order valence-electron chi connectivity index (χ2n) is 3.02. The van der Waals surface area contributed by atoms with Crippen LogP contribution in [0.25, 0.3) is 0 Å². The molecule has 0 saturated carbocycles. The van der Waals surface area contributed by atoms with Gasteiger partial charge in [0.15, 0.2) is 5.30 Å². The summed E-state index contributed by atoms with van der Waals surface area (Å²) in [5.41, 5.74) is 0. The average Bonchev–Trinajstić information content (AvgIpc) is 2.29. The van der Waals surface area contributed by atoms with Crippen LogP contribution in [-0.2, 0) is 14.0 Å². The van der Waals surface area contributed by atoms with Gasteiger partial charge in [-0.2, -0.15) is 0 Å². The van der Waals surface area contributed by atoms with Gasteiger partial charge < -0.3 is 9.47 Å². The minimum atomic E-state index is -1.72. The lowest BCUT2D eigenvalue weighted by molar-refractivity contribution is -0.0788. The quantitative estimate of drug-likeness (QED) is 0.583. The Hall–Kier alpha value is -0.470. The first-order chi connectivity index (χ1) is 7.69. The molecule has 16 heavy (non-hydrogen) atoms. The molecule has 0 radical (unpaired) electrons. The van der Waals surface area contributed by atoms with E-state index >= 15 is 0 Å². The molecule has 0 heterocycles. The van der Waals surface area contributed by atoms with Gasteiger partial charge in [-0.25, -0.2) is 0 Å². The van der Waals surface area contributed by atoms with Crippen LogP contribution < -0.4 is 5.30 Å². The van der Waals surface area contributed by atoms with Gasteiger partial charge in [0.2, 0.25) is 0 Å². The van der Waals surface area contributed by atoms with Crippen molar-refractivity contribution >= 4 is 24.7 Å². The van der Waals surface area contributed by atoms with E-state index in [1.54, 1.807) is 24.3 Å². The fraction of sp³-hybridized carbons (Fsp3) is 0.455. The summed E-state index contributed by atoms with van der Waals surface area (Å²) in [4.78, 5) is 0. The lowest BCUT2D eigenvalue weighted by Crippen LogP contribution is -2.17. The van der Waals surface area contributed by atoms with Crippen LogP contribution in [0.4, 0.5) is 0 Å². The predicted octanol–water partition coefficient (Wildman–Crippen LogP) is 3.15. The number of ether oxygens (including phenoxy) is 2. The fourth-order valence-electron chi connectivity index (χ4n) is 1.18. The molecule has 0 amide bonds. The summed E-state index contributed by atoms with van der Waals surface area (Å²) in [5, 5.41) is 1.31. The maximum atomic E-state index is 12.1. The summed E-state index contributed by atoms with van der Waals surface area (Å²) in [5.74, 6) is 0. The summed E-state index contributed by atoms with van der Waals surface area (Å²) in [6.07, 6.45) is 0. The minimum Gasteiger partial charge on any atom is -0.313 e. The first kappa shape index (κ1) is 13.6. The molecular formula is C11H15ClO3P+. The molecule has 1 unspecified atom stereocenters. The molecule has 0 aromatic heterocycles. The summed E-state index contributed by atoms with van der Waals surface area (Å²) < 4.78 is 22.7. The summed E-state index contributed by atoms with van der Waals surface area (Å²) in [6.45, 7) is 4.63. The van der Waals surface area contributed by atoms with Crippen LogP contribution in [0.5, 0.6) is 0 Å². The molecule has 1 atom stereocenters. The Labute approximate surface area is 101 Å². The Kier molecular flexibility index (Phi) is 5.93. The maximum absolute atomic E-state index is 12.1. The lowest BCUT2D eigenvalue weighted by Gasteiger charge is -2.06. The second kappa shape index (κ2) is 6.97. The van der Waals surface area contributed by atoms with Crippen molar-refractivity contribution in [2.75, 3.05) is 13.2 Å². The highest BCUT2D eigenvalue weighted by Gasteiger charge is 2.34. The number of halogens is 1. The van der Waals surface area contributed by atoms with Crippen molar-refractivity contribution in [2.24, 2.45) is 0 Å². The number of hydrogen-bond acceptors (Lipinski definition) is 3. The average molecular weight is 262 g/mol. The molecule has 0 aliphatic carbocycles. The third-order valence-corrected chi connectivity index (χ3v) is 3.63. The molecule has 0 fully saturated rings. The first-order valence-electron chi connectivity index (χ1n) is 5.14. The monoisotopic (exact) mass is 261 g/mol. The molecule has 88 valence electrons. The van der Waals surface area contributed by atoms with Gasteiger partial charge in [-0.3, -0.25) is 0 Å². The fourth-order valence-corrected chi connectivity index (χ4v) is 2.56. The van der Waals surface area contributed by atoms with E-state index in [0.29, 0.717) is 23.5 Å². The van der Waals surface area contributed by atoms with E-state index in [0.717, 1.165) is 0 Å². The largest absolute Gasteiger partial charge is 0.439 e. The number of rotatable bonds is 6.